The highest BCUT2D eigenvalue weighted by Crippen LogP contribution is 2.35. The molecule has 1 amide bonds. The Morgan fingerprint density at radius 2 is 1.84 bits per heavy atom. The van der Waals surface area contributed by atoms with E-state index in [1.807, 2.05) is 46.7 Å². The van der Waals surface area contributed by atoms with Gasteiger partial charge < -0.3 is 19.1 Å². The molecule has 6 nitrogen and oxygen atoms in total. The van der Waals surface area contributed by atoms with Crippen LogP contribution in [0.4, 0.5) is 4.39 Å². The molecular weight excluding hydrogens is 431 g/mol. The highest BCUT2D eigenvalue weighted by atomic mass is 32.1. The van der Waals surface area contributed by atoms with Gasteiger partial charge in [0.25, 0.3) is 5.91 Å². The molecule has 3 aromatic rings. The zero-order valence-electron chi connectivity index (χ0n) is 17.5. The topological polar surface area (TPSA) is 51.2 Å². The molecule has 8 heteroatoms. The van der Waals surface area contributed by atoms with E-state index in [-0.39, 0.29) is 18.5 Å². The molecule has 32 heavy (non-hydrogen) atoms. The number of piperazine rings is 1. The minimum atomic E-state index is -0.180. The summed E-state index contributed by atoms with van der Waals surface area (Å²) in [7, 11) is 0. The zero-order chi connectivity index (χ0) is 21.9. The van der Waals surface area contributed by atoms with Crippen LogP contribution in [-0.2, 0) is 13.2 Å². The van der Waals surface area contributed by atoms with Crippen LogP contribution < -0.4 is 14.2 Å². The number of carbonyl (C=O) groups is 1. The maximum absolute atomic E-state index is 13.9. The Kier molecular flexibility index (Phi) is 5.96. The lowest BCUT2D eigenvalue weighted by atomic mass is 10.2. The number of fused-ring (bicyclic) bond motifs is 1. The van der Waals surface area contributed by atoms with E-state index in [1.165, 1.54) is 17.4 Å². The molecule has 0 N–H and O–H groups in total. The van der Waals surface area contributed by atoms with Crippen LogP contribution in [0.15, 0.2) is 53.9 Å². The summed E-state index contributed by atoms with van der Waals surface area (Å²) >= 11 is 1.43. The largest absolute Gasteiger partial charge is 0.489 e. The number of hydrogen-bond acceptors (Lipinski definition) is 6. The normalized spacial score (nSPS) is 15.7. The van der Waals surface area contributed by atoms with Crippen molar-refractivity contribution in [3.05, 3.63) is 75.7 Å². The predicted octanol–water partition coefficient (Wildman–Crippen LogP) is 4.15. The smallest absolute Gasteiger partial charge is 0.264 e. The number of rotatable bonds is 6. The van der Waals surface area contributed by atoms with Crippen molar-refractivity contribution >= 4 is 17.2 Å². The Morgan fingerprint density at radius 1 is 1.03 bits per heavy atom. The van der Waals surface area contributed by atoms with Crippen LogP contribution >= 0.6 is 11.3 Å². The van der Waals surface area contributed by atoms with Crippen LogP contribution in [0.3, 0.4) is 0 Å². The molecule has 0 atom stereocenters. The lowest BCUT2D eigenvalue weighted by molar-refractivity contribution is 0.0631. The standard InChI is InChI=1S/C24H23FN2O4S/c25-20-4-2-1-3-18(20)13-26-7-9-27(10-8-26)24(28)23-11-17(15-32-23)14-29-19-5-6-21-22(12-19)31-16-30-21/h1-6,11-12,15H,7-10,13-14,16H2. The Balaban J connectivity index is 1.13. The number of benzene rings is 2. The molecule has 2 aromatic carbocycles. The Hall–Kier alpha value is -3.10. The van der Waals surface area contributed by atoms with Gasteiger partial charge in [-0.3, -0.25) is 9.69 Å². The van der Waals surface area contributed by atoms with Gasteiger partial charge in [0.05, 0.1) is 4.88 Å². The van der Waals surface area contributed by atoms with E-state index in [1.54, 1.807) is 6.07 Å². The molecule has 166 valence electrons. The Bertz CT molecular complexity index is 1110. The van der Waals surface area contributed by atoms with Gasteiger partial charge >= 0.3 is 0 Å². The summed E-state index contributed by atoms with van der Waals surface area (Å²) in [5, 5.41) is 1.95. The van der Waals surface area contributed by atoms with E-state index in [0.717, 1.165) is 24.4 Å². The number of carbonyl (C=O) groups excluding carboxylic acids is 1. The van der Waals surface area contributed by atoms with Gasteiger partial charge in [0, 0.05) is 49.9 Å². The van der Waals surface area contributed by atoms with E-state index in [9.17, 15) is 9.18 Å². The summed E-state index contributed by atoms with van der Waals surface area (Å²) in [4.78, 5) is 17.7. The number of ether oxygens (including phenoxy) is 3. The van der Waals surface area contributed by atoms with Gasteiger partial charge in [0.2, 0.25) is 6.79 Å². The van der Waals surface area contributed by atoms with Gasteiger partial charge in [-0.15, -0.1) is 11.3 Å². The first-order valence-corrected chi connectivity index (χ1v) is 11.4. The van der Waals surface area contributed by atoms with Crippen molar-refractivity contribution in [1.29, 1.82) is 0 Å². The Morgan fingerprint density at radius 3 is 2.69 bits per heavy atom. The molecule has 0 radical (unpaired) electrons. The molecule has 1 fully saturated rings. The summed E-state index contributed by atoms with van der Waals surface area (Å²) in [6, 6.07) is 14.2. The maximum Gasteiger partial charge on any atom is 0.264 e. The van der Waals surface area contributed by atoms with Crippen molar-refractivity contribution in [3.8, 4) is 17.2 Å². The van der Waals surface area contributed by atoms with Gasteiger partial charge in [-0.05, 0) is 29.6 Å². The summed E-state index contributed by atoms with van der Waals surface area (Å²) in [5.74, 6) is 1.95. The molecule has 0 bridgehead atoms. The highest BCUT2D eigenvalue weighted by molar-refractivity contribution is 7.12. The molecule has 3 heterocycles. The van der Waals surface area contributed by atoms with Crippen molar-refractivity contribution in [2.75, 3.05) is 33.0 Å². The molecule has 2 aliphatic heterocycles. The van der Waals surface area contributed by atoms with Crippen LogP contribution in [0.1, 0.15) is 20.8 Å². The average molecular weight is 455 g/mol. The predicted molar refractivity (Wildman–Crippen MR) is 119 cm³/mol. The van der Waals surface area contributed by atoms with Gasteiger partial charge in [-0.1, -0.05) is 18.2 Å². The second kappa shape index (κ2) is 9.18. The second-order valence-electron chi connectivity index (χ2n) is 7.78. The average Bonchev–Trinajstić information content (AvgIpc) is 3.48. The third-order valence-corrected chi connectivity index (χ3v) is 6.59. The van der Waals surface area contributed by atoms with E-state index >= 15 is 0 Å². The van der Waals surface area contributed by atoms with Crippen LogP contribution in [-0.4, -0.2) is 48.7 Å². The fourth-order valence-electron chi connectivity index (χ4n) is 3.83. The van der Waals surface area contributed by atoms with Gasteiger partial charge in [-0.2, -0.15) is 0 Å². The van der Waals surface area contributed by atoms with Gasteiger partial charge in [-0.25, -0.2) is 4.39 Å². The number of thiophene rings is 1. The number of amides is 1. The monoisotopic (exact) mass is 454 g/mol. The van der Waals surface area contributed by atoms with Crippen molar-refractivity contribution in [3.63, 3.8) is 0 Å². The fraction of sp³-hybridized carbons (Fsp3) is 0.292. The molecule has 0 aliphatic carbocycles. The first-order chi connectivity index (χ1) is 15.7. The zero-order valence-corrected chi connectivity index (χ0v) is 18.3. The molecule has 1 saturated heterocycles. The highest BCUT2D eigenvalue weighted by Gasteiger charge is 2.24. The van der Waals surface area contributed by atoms with Gasteiger partial charge in [0.15, 0.2) is 11.5 Å². The SMILES string of the molecule is O=C(c1cc(COc2ccc3c(c2)OCO3)cs1)N1CCN(Cc2ccccc2F)CC1. The van der Waals surface area contributed by atoms with E-state index in [4.69, 9.17) is 14.2 Å². The molecular formula is C24H23FN2O4S. The molecule has 0 spiro atoms. The summed E-state index contributed by atoms with van der Waals surface area (Å²) in [6.07, 6.45) is 0. The Labute approximate surface area is 189 Å². The third-order valence-electron chi connectivity index (χ3n) is 5.63. The fourth-order valence-corrected chi connectivity index (χ4v) is 4.69. The maximum atomic E-state index is 13.9. The minimum Gasteiger partial charge on any atom is -0.489 e. The minimum absolute atomic E-state index is 0.0369. The number of nitrogens with zero attached hydrogens (tertiary/aromatic N) is 2. The van der Waals surface area contributed by atoms with Gasteiger partial charge in [0.1, 0.15) is 18.2 Å². The van der Waals surface area contributed by atoms with E-state index in [0.29, 0.717) is 48.2 Å². The molecule has 2 aliphatic rings. The second-order valence-corrected chi connectivity index (χ2v) is 8.69. The lowest BCUT2D eigenvalue weighted by Gasteiger charge is -2.34. The first kappa shape index (κ1) is 20.8. The third kappa shape index (κ3) is 4.56. The lowest BCUT2D eigenvalue weighted by Crippen LogP contribution is -2.48. The van der Waals surface area contributed by atoms with Crippen molar-refractivity contribution in [2.24, 2.45) is 0 Å². The number of halogens is 1. The van der Waals surface area contributed by atoms with Crippen molar-refractivity contribution in [2.45, 2.75) is 13.2 Å². The summed E-state index contributed by atoms with van der Waals surface area (Å²) < 4.78 is 30.4. The van der Waals surface area contributed by atoms with Crippen LogP contribution in [0.2, 0.25) is 0 Å². The van der Waals surface area contributed by atoms with Crippen LogP contribution in [0, 0.1) is 5.82 Å². The van der Waals surface area contributed by atoms with Crippen LogP contribution in [0.25, 0.3) is 0 Å². The van der Waals surface area contributed by atoms with E-state index < -0.39 is 0 Å². The van der Waals surface area contributed by atoms with Crippen LogP contribution in [0.5, 0.6) is 17.2 Å². The van der Waals surface area contributed by atoms with Crippen molar-refractivity contribution in [1.82, 2.24) is 9.80 Å². The quantitative estimate of drug-likeness (QED) is 0.560. The summed E-state index contributed by atoms with van der Waals surface area (Å²) in [6.45, 7) is 3.89. The molecule has 1 aromatic heterocycles. The molecule has 0 unspecified atom stereocenters. The van der Waals surface area contributed by atoms with Crippen molar-refractivity contribution < 1.29 is 23.4 Å². The molecule has 5 rings (SSSR count). The summed E-state index contributed by atoms with van der Waals surface area (Å²) in [5.41, 5.74) is 1.65. The van der Waals surface area contributed by atoms with E-state index in [2.05, 4.69) is 4.90 Å². The molecule has 0 saturated carbocycles. The first-order valence-electron chi connectivity index (χ1n) is 10.5. The number of hydrogen-bond donors (Lipinski definition) is 0.